The van der Waals surface area contributed by atoms with Crippen LogP contribution in [0.3, 0.4) is 0 Å². The van der Waals surface area contributed by atoms with Crippen LogP contribution in [0.15, 0.2) is 24.4 Å². The molecule has 0 atom stereocenters. The van der Waals surface area contributed by atoms with Crippen LogP contribution in [0.5, 0.6) is 5.75 Å². The number of ether oxygens (including phenoxy) is 1. The van der Waals surface area contributed by atoms with Crippen molar-refractivity contribution in [1.29, 1.82) is 0 Å². The van der Waals surface area contributed by atoms with E-state index in [1.165, 1.54) is 0 Å². The number of carbonyl (C=O) groups is 1. The van der Waals surface area contributed by atoms with E-state index in [2.05, 4.69) is 10.00 Å². The largest absolute Gasteiger partial charge is 0.497 e. The highest BCUT2D eigenvalue weighted by molar-refractivity contribution is 7.22. The molecule has 1 aromatic carbocycles. The summed E-state index contributed by atoms with van der Waals surface area (Å²) >= 11 is 1.66. The van der Waals surface area contributed by atoms with Crippen LogP contribution in [0.2, 0.25) is 0 Å². The summed E-state index contributed by atoms with van der Waals surface area (Å²) < 4.78 is 8.09. The van der Waals surface area contributed by atoms with E-state index in [9.17, 15) is 4.79 Å². The van der Waals surface area contributed by atoms with Gasteiger partial charge in [-0.15, -0.1) is 0 Å². The van der Waals surface area contributed by atoms with E-state index < -0.39 is 0 Å². The first-order valence-corrected chi connectivity index (χ1v) is 9.36. The first-order chi connectivity index (χ1) is 12.5. The van der Waals surface area contributed by atoms with Gasteiger partial charge in [0.25, 0.3) is 5.91 Å². The van der Waals surface area contributed by atoms with Crippen molar-refractivity contribution in [2.45, 2.75) is 6.92 Å². The van der Waals surface area contributed by atoms with Crippen LogP contribution in [0.1, 0.15) is 16.1 Å². The molecule has 0 unspecified atom stereocenters. The smallest absolute Gasteiger partial charge is 0.274 e. The molecule has 3 heterocycles. The Morgan fingerprint density at radius 3 is 2.65 bits per heavy atom. The Morgan fingerprint density at radius 1 is 1.23 bits per heavy atom. The third-order valence-corrected chi connectivity index (χ3v) is 5.71. The monoisotopic (exact) mass is 371 g/mol. The summed E-state index contributed by atoms with van der Waals surface area (Å²) in [6, 6.07) is 5.93. The van der Waals surface area contributed by atoms with Gasteiger partial charge in [0, 0.05) is 45.0 Å². The van der Waals surface area contributed by atoms with Crippen LogP contribution in [-0.2, 0) is 7.05 Å². The minimum atomic E-state index is 0.0109. The number of piperazine rings is 1. The molecule has 4 rings (SSSR count). The molecule has 1 fully saturated rings. The number of methoxy groups -OCH3 is 1. The molecule has 0 saturated carbocycles. The fourth-order valence-electron chi connectivity index (χ4n) is 3.22. The maximum absolute atomic E-state index is 12.7. The Morgan fingerprint density at radius 2 is 2.00 bits per heavy atom. The minimum Gasteiger partial charge on any atom is -0.497 e. The molecule has 0 spiro atoms. The molecule has 1 aliphatic rings. The number of hydrogen-bond donors (Lipinski definition) is 0. The molecule has 136 valence electrons. The van der Waals surface area contributed by atoms with E-state index in [0.717, 1.165) is 39.8 Å². The lowest BCUT2D eigenvalue weighted by Gasteiger charge is -2.34. The van der Waals surface area contributed by atoms with Gasteiger partial charge in [-0.2, -0.15) is 5.10 Å². The van der Waals surface area contributed by atoms with Crippen LogP contribution >= 0.6 is 11.3 Å². The van der Waals surface area contributed by atoms with Crippen molar-refractivity contribution < 1.29 is 9.53 Å². The molecule has 0 N–H and O–H groups in total. The molecule has 0 radical (unpaired) electrons. The minimum absolute atomic E-state index is 0.0109. The third-order valence-electron chi connectivity index (χ3n) is 4.64. The Hall–Kier alpha value is -2.61. The number of thiazole rings is 1. The highest BCUT2D eigenvalue weighted by atomic mass is 32.1. The van der Waals surface area contributed by atoms with Crippen molar-refractivity contribution in [3.8, 4) is 5.75 Å². The van der Waals surface area contributed by atoms with Crippen LogP contribution < -0.4 is 9.64 Å². The average molecular weight is 371 g/mol. The van der Waals surface area contributed by atoms with Crippen molar-refractivity contribution in [2.24, 2.45) is 7.05 Å². The average Bonchev–Trinajstić information content (AvgIpc) is 3.23. The van der Waals surface area contributed by atoms with Crippen molar-refractivity contribution >= 4 is 32.6 Å². The first-order valence-electron chi connectivity index (χ1n) is 8.54. The summed E-state index contributed by atoms with van der Waals surface area (Å²) in [5.74, 6) is 0.852. The van der Waals surface area contributed by atoms with Gasteiger partial charge in [0.1, 0.15) is 5.75 Å². The summed E-state index contributed by atoms with van der Waals surface area (Å²) in [4.78, 5) is 21.5. The number of amides is 1. The molecular weight excluding hydrogens is 350 g/mol. The molecule has 1 saturated heterocycles. The summed E-state index contributed by atoms with van der Waals surface area (Å²) in [5, 5.41) is 5.29. The van der Waals surface area contributed by atoms with Gasteiger partial charge in [-0.25, -0.2) is 4.98 Å². The van der Waals surface area contributed by atoms with Gasteiger partial charge in [-0.3, -0.25) is 9.48 Å². The molecule has 0 aliphatic carbocycles. The Bertz CT molecular complexity index is 956. The van der Waals surface area contributed by atoms with Gasteiger partial charge in [0.15, 0.2) is 10.8 Å². The van der Waals surface area contributed by atoms with Gasteiger partial charge in [0.2, 0.25) is 0 Å². The normalized spacial score (nSPS) is 14.9. The summed E-state index contributed by atoms with van der Waals surface area (Å²) in [5.41, 5.74) is 2.45. The van der Waals surface area contributed by atoms with Gasteiger partial charge >= 0.3 is 0 Å². The number of benzene rings is 1. The standard InChI is InChI=1S/C18H21N5O2S/c1-12-11-21(2)20-16(12)17(24)22-6-8-23(9-7-22)18-19-14-5-4-13(25-3)10-15(14)26-18/h4-5,10-11H,6-9H2,1-3H3. The number of anilines is 1. The van der Waals surface area contributed by atoms with E-state index in [-0.39, 0.29) is 5.91 Å². The lowest BCUT2D eigenvalue weighted by Crippen LogP contribution is -2.49. The highest BCUT2D eigenvalue weighted by Gasteiger charge is 2.26. The molecule has 1 aliphatic heterocycles. The summed E-state index contributed by atoms with van der Waals surface area (Å²) in [6.45, 7) is 4.82. The van der Waals surface area contributed by atoms with E-state index in [4.69, 9.17) is 9.72 Å². The number of carbonyl (C=O) groups excluding carboxylic acids is 1. The molecule has 0 bridgehead atoms. The predicted octanol–water partition coefficient (Wildman–Crippen LogP) is 2.31. The number of aromatic nitrogens is 3. The molecule has 3 aromatic rings. The van der Waals surface area contributed by atoms with Crippen molar-refractivity contribution in [2.75, 3.05) is 38.2 Å². The lowest BCUT2D eigenvalue weighted by atomic mass is 10.2. The Labute approximate surface area is 155 Å². The zero-order valence-corrected chi connectivity index (χ0v) is 15.9. The zero-order chi connectivity index (χ0) is 18.3. The van der Waals surface area contributed by atoms with Crippen molar-refractivity contribution in [3.05, 3.63) is 35.7 Å². The highest BCUT2D eigenvalue weighted by Crippen LogP contribution is 2.31. The third kappa shape index (κ3) is 3.01. The Kier molecular flexibility index (Phi) is 4.28. The molecular formula is C18H21N5O2S. The van der Waals surface area contributed by atoms with E-state index in [1.807, 2.05) is 43.3 Å². The fourth-order valence-corrected chi connectivity index (χ4v) is 4.27. The fraction of sp³-hybridized carbons (Fsp3) is 0.389. The Balaban J connectivity index is 1.46. The van der Waals surface area contributed by atoms with Gasteiger partial charge in [-0.05, 0) is 25.1 Å². The number of hydrogen-bond acceptors (Lipinski definition) is 6. The van der Waals surface area contributed by atoms with Crippen molar-refractivity contribution in [1.82, 2.24) is 19.7 Å². The first kappa shape index (κ1) is 16.8. The molecule has 2 aromatic heterocycles. The van der Waals surface area contributed by atoms with Gasteiger partial charge in [-0.1, -0.05) is 11.3 Å². The summed E-state index contributed by atoms with van der Waals surface area (Å²) in [6.07, 6.45) is 1.87. The number of nitrogens with zero attached hydrogens (tertiary/aromatic N) is 5. The van der Waals surface area contributed by atoms with Gasteiger partial charge in [0.05, 0.1) is 17.3 Å². The second kappa shape index (κ2) is 6.60. The zero-order valence-electron chi connectivity index (χ0n) is 15.1. The van der Waals surface area contributed by atoms with Crippen LogP contribution in [0.4, 0.5) is 5.13 Å². The number of rotatable bonds is 3. The molecule has 7 nitrogen and oxygen atoms in total. The SMILES string of the molecule is COc1ccc2nc(N3CCN(C(=O)c4nn(C)cc4C)CC3)sc2c1. The van der Waals surface area contributed by atoms with Crippen molar-refractivity contribution in [3.63, 3.8) is 0 Å². The quantitative estimate of drug-likeness (QED) is 0.707. The number of fused-ring (bicyclic) bond motifs is 1. The maximum Gasteiger partial charge on any atom is 0.274 e. The van der Waals surface area contributed by atoms with Crippen LogP contribution in [0.25, 0.3) is 10.2 Å². The molecule has 1 amide bonds. The van der Waals surface area contributed by atoms with E-state index >= 15 is 0 Å². The second-order valence-electron chi connectivity index (χ2n) is 6.44. The maximum atomic E-state index is 12.7. The van der Waals surface area contributed by atoms with Gasteiger partial charge < -0.3 is 14.5 Å². The van der Waals surface area contributed by atoms with Crippen LogP contribution in [0, 0.1) is 6.92 Å². The molecule has 26 heavy (non-hydrogen) atoms. The summed E-state index contributed by atoms with van der Waals surface area (Å²) in [7, 11) is 3.51. The van der Waals surface area contributed by atoms with E-state index in [1.54, 1.807) is 23.1 Å². The second-order valence-corrected chi connectivity index (χ2v) is 7.45. The lowest BCUT2D eigenvalue weighted by molar-refractivity contribution is 0.0739. The predicted molar refractivity (Wildman–Crippen MR) is 102 cm³/mol. The van der Waals surface area contributed by atoms with Crippen LogP contribution in [-0.4, -0.2) is 58.9 Å². The topological polar surface area (TPSA) is 63.5 Å². The number of aryl methyl sites for hydroxylation is 2. The molecule has 8 heteroatoms. The van der Waals surface area contributed by atoms with E-state index in [0.29, 0.717) is 18.8 Å².